The summed E-state index contributed by atoms with van der Waals surface area (Å²) in [6.07, 6.45) is 0. The van der Waals surface area contributed by atoms with Crippen LogP contribution in [-0.4, -0.2) is 10.9 Å². The molecule has 1 heterocycles. The predicted octanol–water partition coefficient (Wildman–Crippen LogP) is 6.11. The SMILES string of the molecule is O=C(Nc1ccc2oc(-c3cccc(I)c3)nc2c1)c1cccc(Br)c1. The van der Waals surface area contributed by atoms with Crippen LogP contribution in [0.2, 0.25) is 0 Å². The van der Waals surface area contributed by atoms with E-state index in [1.807, 2.05) is 54.6 Å². The summed E-state index contributed by atoms with van der Waals surface area (Å²) in [5, 5.41) is 2.89. The van der Waals surface area contributed by atoms with Crippen molar-refractivity contribution in [3.63, 3.8) is 0 Å². The molecule has 1 amide bonds. The molecule has 4 aromatic rings. The Morgan fingerprint density at radius 1 is 1.04 bits per heavy atom. The maximum absolute atomic E-state index is 12.4. The third-order valence-corrected chi connectivity index (χ3v) is 4.97. The largest absolute Gasteiger partial charge is 0.436 e. The van der Waals surface area contributed by atoms with E-state index in [0.717, 1.165) is 13.6 Å². The molecule has 26 heavy (non-hydrogen) atoms. The summed E-state index contributed by atoms with van der Waals surface area (Å²) in [6, 6.07) is 20.6. The molecule has 0 aliphatic carbocycles. The van der Waals surface area contributed by atoms with Crippen molar-refractivity contribution in [2.75, 3.05) is 5.32 Å². The average Bonchev–Trinajstić information content (AvgIpc) is 3.05. The van der Waals surface area contributed by atoms with Gasteiger partial charge in [0.2, 0.25) is 5.89 Å². The number of halogens is 2. The highest BCUT2D eigenvalue weighted by atomic mass is 127. The molecule has 1 aromatic heterocycles. The molecular formula is C20H12BrIN2O2. The molecule has 0 spiro atoms. The molecule has 0 atom stereocenters. The minimum Gasteiger partial charge on any atom is -0.436 e. The van der Waals surface area contributed by atoms with Gasteiger partial charge in [0.1, 0.15) is 5.52 Å². The van der Waals surface area contributed by atoms with E-state index in [1.165, 1.54) is 0 Å². The fraction of sp³-hybridized carbons (Fsp3) is 0. The summed E-state index contributed by atoms with van der Waals surface area (Å²) in [7, 11) is 0. The predicted molar refractivity (Wildman–Crippen MR) is 114 cm³/mol. The van der Waals surface area contributed by atoms with E-state index in [9.17, 15) is 4.79 Å². The first kappa shape index (κ1) is 17.2. The number of carbonyl (C=O) groups excluding carboxylic acids is 1. The highest BCUT2D eigenvalue weighted by Gasteiger charge is 2.11. The minimum absolute atomic E-state index is 0.174. The molecule has 0 radical (unpaired) electrons. The van der Waals surface area contributed by atoms with Crippen molar-refractivity contribution in [2.45, 2.75) is 0 Å². The van der Waals surface area contributed by atoms with Crippen molar-refractivity contribution in [3.05, 3.63) is 80.3 Å². The Bertz CT molecular complexity index is 1120. The lowest BCUT2D eigenvalue weighted by Gasteiger charge is -2.05. The number of fused-ring (bicyclic) bond motifs is 1. The molecule has 6 heteroatoms. The molecule has 4 nitrogen and oxygen atoms in total. The zero-order chi connectivity index (χ0) is 18.1. The Labute approximate surface area is 171 Å². The first-order valence-corrected chi connectivity index (χ1v) is 9.69. The molecular weight excluding hydrogens is 507 g/mol. The third kappa shape index (κ3) is 3.66. The number of anilines is 1. The maximum Gasteiger partial charge on any atom is 0.255 e. The monoisotopic (exact) mass is 518 g/mol. The van der Waals surface area contributed by atoms with Gasteiger partial charge in [-0.15, -0.1) is 0 Å². The molecule has 128 valence electrons. The summed E-state index contributed by atoms with van der Waals surface area (Å²) in [6.45, 7) is 0. The van der Waals surface area contributed by atoms with Gasteiger partial charge in [-0.3, -0.25) is 4.79 Å². The number of nitrogens with zero attached hydrogens (tertiary/aromatic N) is 1. The van der Waals surface area contributed by atoms with Crippen LogP contribution in [0.25, 0.3) is 22.6 Å². The molecule has 0 fully saturated rings. The van der Waals surface area contributed by atoms with Crippen molar-refractivity contribution in [2.24, 2.45) is 0 Å². The Balaban J connectivity index is 1.62. The summed E-state index contributed by atoms with van der Waals surface area (Å²) < 4.78 is 7.81. The standard InChI is InChI=1S/C20H12BrIN2O2/c21-14-5-1-3-12(9-14)19(25)23-16-7-8-18-17(11-16)24-20(26-18)13-4-2-6-15(22)10-13/h1-11H,(H,23,25). The van der Waals surface area contributed by atoms with E-state index in [0.29, 0.717) is 28.2 Å². The lowest BCUT2D eigenvalue weighted by molar-refractivity contribution is 0.102. The molecule has 3 aromatic carbocycles. The summed E-state index contributed by atoms with van der Waals surface area (Å²) >= 11 is 5.63. The number of hydrogen-bond donors (Lipinski definition) is 1. The zero-order valence-electron chi connectivity index (χ0n) is 13.4. The number of amides is 1. The van der Waals surface area contributed by atoms with Crippen LogP contribution in [0.1, 0.15) is 10.4 Å². The van der Waals surface area contributed by atoms with Crippen molar-refractivity contribution in [1.82, 2.24) is 4.98 Å². The van der Waals surface area contributed by atoms with Gasteiger partial charge in [0.25, 0.3) is 5.91 Å². The van der Waals surface area contributed by atoms with Crippen molar-refractivity contribution in [1.29, 1.82) is 0 Å². The molecule has 0 saturated heterocycles. The van der Waals surface area contributed by atoms with E-state index in [1.54, 1.807) is 12.1 Å². The molecule has 1 N–H and O–H groups in total. The molecule has 4 rings (SSSR count). The molecule has 0 saturated carbocycles. The molecule has 0 unspecified atom stereocenters. The van der Waals surface area contributed by atoms with Gasteiger partial charge in [-0.2, -0.15) is 0 Å². The second-order valence-corrected chi connectivity index (χ2v) is 7.84. The van der Waals surface area contributed by atoms with Crippen LogP contribution in [0.4, 0.5) is 5.69 Å². The van der Waals surface area contributed by atoms with E-state index >= 15 is 0 Å². The first-order chi connectivity index (χ1) is 12.6. The van der Waals surface area contributed by atoms with Gasteiger partial charge in [-0.05, 0) is 77.2 Å². The van der Waals surface area contributed by atoms with E-state index < -0.39 is 0 Å². The molecule has 0 bridgehead atoms. The van der Waals surface area contributed by atoms with Crippen LogP contribution in [0.15, 0.2) is 75.6 Å². The fourth-order valence-corrected chi connectivity index (χ4v) is 3.53. The molecule has 0 aliphatic rings. The summed E-state index contributed by atoms with van der Waals surface area (Å²) in [4.78, 5) is 16.9. The van der Waals surface area contributed by atoms with E-state index in [4.69, 9.17) is 4.42 Å². The Morgan fingerprint density at radius 2 is 1.88 bits per heavy atom. The van der Waals surface area contributed by atoms with Crippen molar-refractivity contribution < 1.29 is 9.21 Å². The maximum atomic E-state index is 12.4. The minimum atomic E-state index is -0.174. The second kappa shape index (κ2) is 7.20. The van der Waals surface area contributed by atoms with E-state index in [2.05, 4.69) is 48.8 Å². The zero-order valence-corrected chi connectivity index (χ0v) is 17.1. The van der Waals surface area contributed by atoms with Gasteiger partial charge >= 0.3 is 0 Å². The number of carbonyl (C=O) groups is 1. The topological polar surface area (TPSA) is 55.1 Å². The van der Waals surface area contributed by atoms with Gasteiger partial charge in [-0.25, -0.2) is 4.98 Å². The highest BCUT2D eigenvalue weighted by Crippen LogP contribution is 2.27. The number of rotatable bonds is 3. The van der Waals surface area contributed by atoms with Gasteiger partial charge < -0.3 is 9.73 Å². The molecule has 0 aliphatic heterocycles. The van der Waals surface area contributed by atoms with Crippen LogP contribution in [0, 0.1) is 3.57 Å². The normalized spacial score (nSPS) is 10.8. The highest BCUT2D eigenvalue weighted by molar-refractivity contribution is 14.1. The number of aromatic nitrogens is 1. The first-order valence-electron chi connectivity index (χ1n) is 7.82. The van der Waals surface area contributed by atoms with Crippen LogP contribution in [0.5, 0.6) is 0 Å². The van der Waals surface area contributed by atoms with Crippen LogP contribution in [0.3, 0.4) is 0 Å². The van der Waals surface area contributed by atoms with Gasteiger partial charge in [0.15, 0.2) is 5.58 Å². The van der Waals surface area contributed by atoms with Crippen molar-refractivity contribution in [3.8, 4) is 11.5 Å². The van der Waals surface area contributed by atoms with E-state index in [-0.39, 0.29) is 5.91 Å². The Morgan fingerprint density at radius 3 is 2.69 bits per heavy atom. The Kier molecular flexibility index (Phi) is 4.78. The second-order valence-electron chi connectivity index (χ2n) is 5.68. The Hall–Kier alpha value is -2.19. The summed E-state index contributed by atoms with van der Waals surface area (Å²) in [5.74, 6) is 0.390. The average molecular weight is 519 g/mol. The van der Waals surface area contributed by atoms with Crippen LogP contribution < -0.4 is 5.32 Å². The van der Waals surface area contributed by atoms with Gasteiger partial charge in [-0.1, -0.05) is 28.1 Å². The smallest absolute Gasteiger partial charge is 0.255 e. The number of nitrogens with one attached hydrogen (secondary N) is 1. The van der Waals surface area contributed by atoms with Gasteiger partial charge in [0.05, 0.1) is 0 Å². The lowest BCUT2D eigenvalue weighted by Crippen LogP contribution is -2.11. The number of oxazole rings is 1. The fourth-order valence-electron chi connectivity index (χ4n) is 2.58. The number of benzene rings is 3. The quantitative estimate of drug-likeness (QED) is 0.333. The van der Waals surface area contributed by atoms with Crippen LogP contribution in [-0.2, 0) is 0 Å². The van der Waals surface area contributed by atoms with Crippen molar-refractivity contribution >= 4 is 61.2 Å². The number of hydrogen-bond acceptors (Lipinski definition) is 3. The van der Waals surface area contributed by atoms with Gasteiger partial charge in [0, 0.05) is 24.9 Å². The summed E-state index contributed by atoms with van der Waals surface area (Å²) in [5.41, 5.74) is 3.56. The third-order valence-electron chi connectivity index (χ3n) is 3.80. The van der Waals surface area contributed by atoms with Crippen LogP contribution >= 0.6 is 38.5 Å². The lowest BCUT2D eigenvalue weighted by atomic mass is 10.2.